The molecule has 8 nitrogen and oxygen atoms in total. The van der Waals surface area contributed by atoms with E-state index in [1.54, 1.807) is 25.1 Å². The molecule has 0 atom stereocenters. The first-order valence-electron chi connectivity index (χ1n) is 7.01. The Kier molecular flexibility index (Phi) is 4.05. The number of esters is 1. The minimum Gasteiger partial charge on any atom is -0.460 e. The number of nitrogens with zero attached hydrogens (tertiary/aromatic N) is 2. The van der Waals surface area contributed by atoms with E-state index in [0.29, 0.717) is 24.5 Å². The van der Waals surface area contributed by atoms with Crippen molar-refractivity contribution >= 4 is 16.1 Å². The van der Waals surface area contributed by atoms with E-state index >= 15 is 0 Å². The van der Waals surface area contributed by atoms with E-state index in [2.05, 4.69) is 10.3 Å². The van der Waals surface area contributed by atoms with Gasteiger partial charge in [-0.3, -0.25) is 4.28 Å². The van der Waals surface area contributed by atoms with E-state index in [1.807, 2.05) is 0 Å². The van der Waals surface area contributed by atoms with Gasteiger partial charge in [-0.2, -0.15) is 8.42 Å². The third kappa shape index (κ3) is 2.92. The smallest absolute Gasteiger partial charge is 0.377 e. The fourth-order valence-electron chi connectivity index (χ4n) is 2.23. The second-order valence-corrected chi connectivity index (χ2v) is 6.32. The van der Waals surface area contributed by atoms with Crippen LogP contribution in [-0.2, 0) is 27.9 Å². The molecule has 0 spiro atoms. The maximum absolute atomic E-state index is 12.4. The van der Waals surface area contributed by atoms with Gasteiger partial charge in [0, 0.05) is 13.1 Å². The van der Waals surface area contributed by atoms with Crippen LogP contribution in [0.15, 0.2) is 35.2 Å². The molecule has 0 bridgehead atoms. The Balaban J connectivity index is 2.01. The number of rotatable bonds is 5. The summed E-state index contributed by atoms with van der Waals surface area (Å²) in [6, 6.07) is 7.69. The van der Waals surface area contributed by atoms with Gasteiger partial charge < -0.3 is 10.1 Å². The zero-order valence-electron chi connectivity index (χ0n) is 12.4. The second-order valence-electron chi connectivity index (χ2n) is 4.79. The lowest BCUT2D eigenvalue weighted by molar-refractivity contribution is 0.0486. The summed E-state index contributed by atoms with van der Waals surface area (Å²) in [5.41, 5.74) is 1.06. The second kappa shape index (κ2) is 6.01. The van der Waals surface area contributed by atoms with E-state index in [-0.39, 0.29) is 17.3 Å². The lowest BCUT2D eigenvalue weighted by Crippen LogP contribution is -2.27. The number of hydrogen-bond acceptors (Lipinski definition) is 7. The number of carbonyl (C=O) groups excluding carboxylic acids is 1. The van der Waals surface area contributed by atoms with Crippen molar-refractivity contribution in [2.24, 2.45) is 0 Å². The van der Waals surface area contributed by atoms with Crippen LogP contribution >= 0.6 is 0 Å². The molecule has 0 amide bonds. The summed E-state index contributed by atoms with van der Waals surface area (Å²) in [4.78, 5) is 16.1. The Morgan fingerprint density at radius 3 is 2.74 bits per heavy atom. The maximum atomic E-state index is 12.4. The fraction of sp³-hybridized carbons (Fsp3) is 0.286. The number of ether oxygens (including phenoxy) is 1. The van der Waals surface area contributed by atoms with Crippen LogP contribution in [0.3, 0.4) is 0 Å². The summed E-state index contributed by atoms with van der Waals surface area (Å²) in [5.74, 6) is -0.914. The van der Waals surface area contributed by atoms with Gasteiger partial charge in [0.2, 0.25) is 0 Å². The van der Waals surface area contributed by atoms with Crippen LogP contribution in [0.4, 0.5) is 0 Å². The van der Waals surface area contributed by atoms with Crippen LogP contribution in [0.2, 0.25) is 0 Å². The molecule has 1 aliphatic rings. The zero-order chi connectivity index (χ0) is 16.4. The van der Waals surface area contributed by atoms with Gasteiger partial charge in [0.25, 0.3) is 5.82 Å². The van der Waals surface area contributed by atoms with Crippen molar-refractivity contribution < 1.29 is 22.2 Å². The van der Waals surface area contributed by atoms with E-state index in [9.17, 15) is 13.2 Å². The van der Waals surface area contributed by atoms with Crippen LogP contribution in [0.25, 0.3) is 0 Å². The molecule has 1 N–H and O–H groups in total. The Labute approximate surface area is 133 Å². The first-order valence-corrected chi connectivity index (χ1v) is 8.42. The summed E-state index contributed by atoms with van der Waals surface area (Å²) < 4.78 is 35.8. The average molecular weight is 337 g/mol. The van der Waals surface area contributed by atoms with Gasteiger partial charge in [0.15, 0.2) is 0 Å². The van der Waals surface area contributed by atoms with E-state index in [4.69, 9.17) is 9.02 Å². The SMILES string of the molecule is CCOC(=O)c1nc2c(n1OS(=O)(=O)c1ccccc1)CNC2. The third-order valence-corrected chi connectivity index (χ3v) is 4.45. The Hall–Kier alpha value is -2.39. The Morgan fingerprint density at radius 2 is 2.04 bits per heavy atom. The van der Waals surface area contributed by atoms with Crippen molar-refractivity contribution in [3.05, 3.63) is 47.5 Å². The minimum atomic E-state index is -4.09. The molecule has 122 valence electrons. The topological polar surface area (TPSA) is 99.5 Å². The number of fused-ring (bicyclic) bond motifs is 1. The standard InChI is InChI=1S/C14H15N3O5S/c1-2-21-14(18)13-16-11-8-15-9-12(11)17(13)22-23(19,20)10-6-4-3-5-7-10/h3-7,15H,2,8-9H2,1H3. The number of carbonyl (C=O) groups is 1. The van der Waals surface area contributed by atoms with Crippen LogP contribution < -0.4 is 9.60 Å². The predicted molar refractivity (Wildman–Crippen MR) is 78.9 cm³/mol. The first kappa shape index (κ1) is 15.5. The van der Waals surface area contributed by atoms with E-state index < -0.39 is 16.1 Å². The Bertz CT molecular complexity index is 830. The molecule has 0 unspecified atom stereocenters. The van der Waals surface area contributed by atoms with Crippen molar-refractivity contribution in [3.63, 3.8) is 0 Å². The van der Waals surface area contributed by atoms with Gasteiger partial charge in [0.1, 0.15) is 4.90 Å². The van der Waals surface area contributed by atoms with Gasteiger partial charge in [-0.05, 0) is 19.1 Å². The summed E-state index contributed by atoms with van der Waals surface area (Å²) >= 11 is 0. The number of nitrogens with one attached hydrogen (secondary N) is 1. The molecule has 9 heteroatoms. The number of aromatic nitrogens is 2. The van der Waals surface area contributed by atoms with E-state index in [0.717, 1.165) is 4.73 Å². The molecule has 0 radical (unpaired) electrons. The summed E-state index contributed by atoms with van der Waals surface area (Å²) in [6.07, 6.45) is 0. The van der Waals surface area contributed by atoms with E-state index in [1.165, 1.54) is 12.1 Å². The number of hydrogen-bond donors (Lipinski definition) is 1. The van der Waals surface area contributed by atoms with Gasteiger partial charge in [0.05, 0.1) is 18.0 Å². The molecule has 0 aliphatic carbocycles. The fourth-order valence-corrected chi connectivity index (χ4v) is 3.16. The predicted octanol–water partition coefficient (Wildman–Crippen LogP) is 0.481. The molecule has 2 aromatic rings. The normalized spacial score (nSPS) is 13.6. The van der Waals surface area contributed by atoms with Gasteiger partial charge in [-0.15, -0.1) is 4.73 Å². The first-order chi connectivity index (χ1) is 11.0. The summed E-state index contributed by atoms with van der Waals surface area (Å²) in [7, 11) is -4.09. The van der Waals surface area contributed by atoms with Gasteiger partial charge >= 0.3 is 16.1 Å². The van der Waals surface area contributed by atoms with Crippen LogP contribution in [0.1, 0.15) is 28.9 Å². The monoisotopic (exact) mass is 337 g/mol. The lowest BCUT2D eigenvalue weighted by atomic mass is 10.4. The highest BCUT2D eigenvalue weighted by atomic mass is 32.2. The largest absolute Gasteiger partial charge is 0.460 e. The van der Waals surface area contributed by atoms with Crippen LogP contribution in [-0.4, -0.2) is 30.7 Å². The van der Waals surface area contributed by atoms with Crippen LogP contribution in [0.5, 0.6) is 0 Å². The molecular weight excluding hydrogens is 322 g/mol. The molecule has 0 saturated carbocycles. The highest BCUT2D eigenvalue weighted by Crippen LogP contribution is 2.19. The molecule has 0 fully saturated rings. The molecule has 23 heavy (non-hydrogen) atoms. The highest BCUT2D eigenvalue weighted by Gasteiger charge is 2.30. The molecule has 1 aliphatic heterocycles. The number of imidazole rings is 1. The van der Waals surface area contributed by atoms with Gasteiger partial charge in [-0.25, -0.2) is 9.78 Å². The molecule has 2 heterocycles. The van der Waals surface area contributed by atoms with Crippen molar-refractivity contribution in [1.29, 1.82) is 0 Å². The quantitative estimate of drug-likeness (QED) is 0.792. The molecule has 1 aromatic carbocycles. The van der Waals surface area contributed by atoms with Crippen molar-refractivity contribution in [2.75, 3.05) is 6.61 Å². The Morgan fingerprint density at radius 1 is 1.30 bits per heavy atom. The average Bonchev–Trinajstić information content (AvgIpc) is 3.11. The summed E-state index contributed by atoms with van der Waals surface area (Å²) in [6.45, 7) is 2.59. The molecule has 0 saturated heterocycles. The third-order valence-electron chi connectivity index (χ3n) is 3.26. The molecule has 1 aromatic heterocycles. The molecular formula is C14H15N3O5S. The lowest BCUT2D eigenvalue weighted by Gasteiger charge is -2.11. The zero-order valence-corrected chi connectivity index (χ0v) is 13.2. The highest BCUT2D eigenvalue weighted by molar-refractivity contribution is 7.87. The van der Waals surface area contributed by atoms with Crippen molar-refractivity contribution in [3.8, 4) is 0 Å². The van der Waals surface area contributed by atoms with Crippen molar-refractivity contribution in [1.82, 2.24) is 15.0 Å². The summed E-state index contributed by atoms with van der Waals surface area (Å²) in [5, 5.41) is 3.02. The van der Waals surface area contributed by atoms with Crippen LogP contribution in [0, 0.1) is 0 Å². The maximum Gasteiger partial charge on any atom is 0.377 e. The number of benzene rings is 1. The van der Waals surface area contributed by atoms with Crippen molar-refractivity contribution in [2.45, 2.75) is 24.9 Å². The molecule has 3 rings (SSSR count). The minimum absolute atomic E-state index is 0.0109. The van der Waals surface area contributed by atoms with Gasteiger partial charge in [-0.1, -0.05) is 18.2 Å².